The Bertz CT molecular complexity index is 1530. The fraction of sp³-hybridized carbons (Fsp3) is 0.579. The number of aromatic nitrogens is 1. The second-order valence-electron chi connectivity index (χ2n) is 14.2. The van der Waals surface area contributed by atoms with Gasteiger partial charge in [-0.15, -0.1) is 0 Å². The maximum Gasteiger partial charge on any atom is 0.416 e. The van der Waals surface area contributed by atoms with E-state index in [4.69, 9.17) is 23.7 Å². The van der Waals surface area contributed by atoms with Gasteiger partial charge in [-0.05, 0) is 80.7 Å². The molecule has 4 unspecified atom stereocenters. The molecule has 2 saturated carbocycles. The average Bonchev–Trinajstić information content (AvgIpc) is 3.81. The Balaban J connectivity index is 0.000000280. The second-order valence-corrected chi connectivity index (χ2v) is 14.2. The van der Waals surface area contributed by atoms with Crippen LogP contribution in [0.5, 0.6) is 0 Å². The first kappa shape index (κ1) is 33.4. The molecule has 3 aliphatic carbocycles. The Morgan fingerprint density at radius 2 is 1.71 bits per heavy atom. The van der Waals surface area contributed by atoms with Gasteiger partial charge >= 0.3 is 12.1 Å². The molecular formula is C38H44F3NO6. The van der Waals surface area contributed by atoms with Gasteiger partial charge in [0.05, 0.1) is 43.6 Å². The van der Waals surface area contributed by atoms with E-state index in [0.717, 1.165) is 70.3 Å². The second kappa shape index (κ2) is 13.3. The topological polar surface area (TPSA) is 76.1 Å². The van der Waals surface area contributed by atoms with Gasteiger partial charge in [-0.3, -0.25) is 9.78 Å². The van der Waals surface area contributed by atoms with E-state index in [2.05, 4.69) is 24.1 Å². The molecule has 0 bridgehead atoms. The number of ether oxygens (including phenoxy) is 5. The van der Waals surface area contributed by atoms with Crippen LogP contribution in [0, 0.1) is 29.6 Å². The Kier molecular flexibility index (Phi) is 9.30. The summed E-state index contributed by atoms with van der Waals surface area (Å²) < 4.78 is 68.3. The molecule has 3 saturated heterocycles. The van der Waals surface area contributed by atoms with Crippen LogP contribution in [0.3, 0.4) is 0 Å². The van der Waals surface area contributed by atoms with Gasteiger partial charge in [0.25, 0.3) is 0 Å². The number of carbonyl (C=O) groups excluding carboxylic acids is 1. The lowest BCUT2D eigenvalue weighted by molar-refractivity contribution is -0.206. The van der Waals surface area contributed by atoms with Crippen LogP contribution < -0.4 is 0 Å². The zero-order chi connectivity index (χ0) is 33.5. The Hall–Kier alpha value is -3.05. The predicted molar refractivity (Wildman–Crippen MR) is 172 cm³/mol. The molecule has 10 heteroatoms. The van der Waals surface area contributed by atoms with E-state index in [0.29, 0.717) is 41.9 Å². The molecule has 7 nitrogen and oxygen atoms in total. The fourth-order valence-electron chi connectivity index (χ4n) is 8.74. The zero-order valence-electron chi connectivity index (χ0n) is 27.5. The summed E-state index contributed by atoms with van der Waals surface area (Å²) in [6, 6.07) is 8.86. The van der Waals surface area contributed by atoms with Crippen LogP contribution >= 0.6 is 0 Å². The molecule has 4 heterocycles. The molecule has 1 aromatic carbocycles. The largest absolute Gasteiger partial charge is 0.462 e. The van der Waals surface area contributed by atoms with E-state index in [1.54, 1.807) is 18.3 Å². The minimum atomic E-state index is -4.39. The molecule has 8 rings (SSSR count). The first-order valence-corrected chi connectivity index (χ1v) is 17.3. The van der Waals surface area contributed by atoms with Gasteiger partial charge in [0.2, 0.25) is 0 Å². The molecular weight excluding hydrogens is 623 g/mol. The summed E-state index contributed by atoms with van der Waals surface area (Å²) in [5.74, 6) is -0.00899. The van der Waals surface area contributed by atoms with Crippen molar-refractivity contribution in [3.05, 3.63) is 71.6 Å². The fourth-order valence-corrected chi connectivity index (χ4v) is 8.74. The summed E-state index contributed by atoms with van der Waals surface area (Å²) in [5.41, 5.74) is 2.59. The van der Waals surface area contributed by atoms with Crippen molar-refractivity contribution in [3.63, 3.8) is 0 Å². The van der Waals surface area contributed by atoms with E-state index < -0.39 is 17.5 Å². The Morgan fingerprint density at radius 1 is 0.958 bits per heavy atom. The van der Waals surface area contributed by atoms with Gasteiger partial charge in [0, 0.05) is 43.4 Å². The molecule has 2 spiro atoms. The minimum absolute atomic E-state index is 0.0888. The highest BCUT2D eigenvalue weighted by molar-refractivity contribution is 5.75. The molecule has 5 fully saturated rings. The quantitative estimate of drug-likeness (QED) is 0.243. The number of hydrogen-bond donors (Lipinski definition) is 0. The molecule has 48 heavy (non-hydrogen) atoms. The number of alkyl halides is 3. The van der Waals surface area contributed by atoms with E-state index in [-0.39, 0.29) is 35.6 Å². The number of esters is 1. The highest BCUT2D eigenvalue weighted by Crippen LogP contribution is 2.56. The standard InChI is InChI=1S/C29H30F3NO4.C9H14O2/c1-17-26-23(25-15-28(35-11-12-36-28)10-9-19(25)14-24(26)27(34)37-17)8-7-22-6-5-20(16-33-22)18-3-2-4-21(13-18)29(30,31)32;1-8-2-4-9(5-3-8)10-6-7-11-9/h2-8,13,16-17,19,23-26H,9-12,14-15H2,1H3;2H,3-7H2,1H3/b8-7+;/t17-,19?,23+,24?,25?,26?;/m0./s1. The van der Waals surface area contributed by atoms with E-state index >= 15 is 0 Å². The predicted octanol–water partition coefficient (Wildman–Crippen LogP) is 8.00. The number of fused-ring (bicyclic) bond motifs is 2. The zero-order valence-corrected chi connectivity index (χ0v) is 27.5. The number of carbonyl (C=O) groups is 1. The first-order chi connectivity index (χ1) is 23.0. The highest BCUT2D eigenvalue weighted by atomic mass is 19.4. The third-order valence-electron chi connectivity index (χ3n) is 11.2. The van der Waals surface area contributed by atoms with Crippen molar-refractivity contribution in [3.8, 4) is 11.1 Å². The lowest BCUT2D eigenvalue weighted by Crippen LogP contribution is -2.49. The maximum atomic E-state index is 13.1. The number of hydrogen-bond acceptors (Lipinski definition) is 7. The number of allylic oxidation sites excluding steroid dienone is 2. The van der Waals surface area contributed by atoms with Gasteiger partial charge < -0.3 is 23.7 Å². The number of nitrogens with zero attached hydrogens (tertiary/aromatic N) is 1. The van der Waals surface area contributed by atoms with Crippen molar-refractivity contribution in [2.24, 2.45) is 29.6 Å². The van der Waals surface area contributed by atoms with Gasteiger partial charge in [-0.2, -0.15) is 13.2 Å². The van der Waals surface area contributed by atoms with Crippen molar-refractivity contribution in [2.75, 3.05) is 26.4 Å². The summed E-state index contributed by atoms with van der Waals surface area (Å²) >= 11 is 0. The third kappa shape index (κ3) is 6.86. The van der Waals surface area contributed by atoms with Crippen LogP contribution in [-0.4, -0.2) is 55.1 Å². The molecule has 6 atom stereocenters. The van der Waals surface area contributed by atoms with Crippen LogP contribution in [0.2, 0.25) is 0 Å². The minimum Gasteiger partial charge on any atom is -0.462 e. The number of halogens is 3. The molecule has 1 aromatic heterocycles. The van der Waals surface area contributed by atoms with Crippen LogP contribution in [-0.2, 0) is 34.7 Å². The number of benzene rings is 1. The highest BCUT2D eigenvalue weighted by Gasteiger charge is 2.57. The van der Waals surface area contributed by atoms with Crippen LogP contribution in [0.1, 0.15) is 70.1 Å². The smallest absolute Gasteiger partial charge is 0.416 e. The summed E-state index contributed by atoms with van der Waals surface area (Å²) in [5, 5.41) is 0. The van der Waals surface area contributed by atoms with Gasteiger partial charge in [0.1, 0.15) is 6.10 Å². The lowest BCUT2D eigenvalue weighted by atomic mass is 9.56. The molecule has 0 N–H and O–H groups in total. The summed E-state index contributed by atoms with van der Waals surface area (Å²) in [7, 11) is 0. The Labute approximate surface area is 279 Å². The maximum absolute atomic E-state index is 13.1. The van der Waals surface area contributed by atoms with Crippen molar-refractivity contribution < 1.29 is 41.7 Å². The van der Waals surface area contributed by atoms with Gasteiger partial charge in [0.15, 0.2) is 11.6 Å². The number of pyridine rings is 1. The van der Waals surface area contributed by atoms with E-state index in [1.807, 2.05) is 19.1 Å². The summed E-state index contributed by atoms with van der Waals surface area (Å²) in [6.07, 6.45) is 9.98. The SMILES string of the molecule is CC1=CCC2(CC1)OCCO2.C[C@@H]1OC(=O)C2CC3CCC4(CC3[C@@H](/C=C/c3ccc(-c5cccc(C(F)(F)F)c5)cn3)C21)OCCO4. The van der Waals surface area contributed by atoms with Crippen molar-refractivity contribution in [1.29, 1.82) is 0 Å². The van der Waals surface area contributed by atoms with Crippen molar-refractivity contribution in [1.82, 2.24) is 4.98 Å². The molecule has 2 aromatic rings. The number of rotatable bonds is 3. The Morgan fingerprint density at radius 3 is 2.38 bits per heavy atom. The van der Waals surface area contributed by atoms with Gasteiger partial charge in [-0.1, -0.05) is 35.9 Å². The third-order valence-corrected chi connectivity index (χ3v) is 11.2. The first-order valence-electron chi connectivity index (χ1n) is 17.3. The van der Waals surface area contributed by atoms with Crippen LogP contribution in [0.15, 0.2) is 60.3 Å². The van der Waals surface area contributed by atoms with E-state index in [9.17, 15) is 18.0 Å². The normalized spacial score (nSPS) is 32.0. The number of cyclic esters (lactones) is 1. The molecule has 6 aliphatic rings. The molecule has 258 valence electrons. The molecule has 0 radical (unpaired) electrons. The summed E-state index contributed by atoms with van der Waals surface area (Å²) in [4.78, 5) is 17.2. The monoisotopic (exact) mass is 667 g/mol. The van der Waals surface area contributed by atoms with Gasteiger partial charge in [-0.25, -0.2) is 0 Å². The van der Waals surface area contributed by atoms with Crippen LogP contribution in [0.4, 0.5) is 13.2 Å². The molecule has 0 amide bonds. The van der Waals surface area contributed by atoms with Crippen molar-refractivity contribution in [2.45, 2.75) is 82.6 Å². The van der Waals surface area contributed by atoms with Crippen molar-refractivity contribution >= 4 is 12.0 Å². The molecule has 3 aliphatic heterocycles. The van der Waals surface area contributed by atoms with Crippen LogP contribution in [0.25, 0.3) is 17.2 Å². The lowest BCUT2D eigenvalue weighted by Gasteiger charge is -2.49. The summed E-state index contributed by atoms with van der Waals surface area (Å²) in [6.45, 7) is 6.92. The van der Waals surface area contributed by atoms with E-state index in [1.165, 1.54) is 11.6 Å². The average molecular weight is 668 g/mol.